The van der Waals surface area contributed by atoms with Crippen molar-refractivity contribution >= 4 is 11.0 Å². The Labute approximate surface area is 176 Å². The van der Waals surface area contributed by atoms with Crippen LogP contribution in [0.25, 0.3) is 33.2 Å². The standard InChI is InChI=1S/C23H12F6O3/c24-22(25,26)16-7-3-1-5-13(16)19-15-10-9-12(30)11-18(15)32-21(31)20(19)14-6-2-4-8-17(14)23(27,28)29/h1-11,30H. The highest BCUT2D eigenvalue weighted by molar-refractivity contribution is 6.02. The molecule has 3 aromatic carbocycles. The van der Waals surface area contributed by atoms with Gasteiger partial charge >= 0.3 is 18.0 Å². The van der Waals surface area contributed by atoms with Gasteiger partial charge in [-0.1, -0.05) is 36.4 Å². The van der Waals surface area contributed by atoms with E-state index in [-0.39, 0.29) is 22.3 Å². The molecule has 164 valence electrons. The van der Waals surface area contributed by atoms with Crippen molar-refractivity contribution in [2.24, 2.45) is 0 Å². The number of hydrogen-bond donors (Lipinski definition) is 1. The maximum Gasteiger partial charge on any atom is 0.417 e. The molecular formula is C23H12F6O3. The lowest BCUT2D eigenvalue weighted by molar-refractivity contribution is -0.138. The summed E-state index contributed by atoms with van der Waals surface area (Å²) in [6.07, 6.45) is -9.73. The van der Waals surface area contributed by atoms with Crippen molar-refractivity contribution in [1.29, 1.82) is 0 Å². The van der Waals surface area contributed by atoms with Crippen LogP contribution in [0.15, 0.2) is 75.9 Å². The number of alkyl halides is 6. The van der Waals surface area contributed by atoms with Crippen LogP contribution in [-0.2, 0) is 12.4 Å². The maximum absolute atomic E-state index is 13.8. The molecule has 4 aromatic rings. The highest BCUT2D eigenvalue weighted by Gasteiger charge is 2.38. The topological polar surface area (TPSA) is 50.4 Å². The van der Waals surface area contributed by atoms with Gasteiger partial charge in [-0.3, -0.25) is 0 Å². The summed E-state index contributed by atoms with van der Waals surface area (Å²) in [6.45, 7) is 0. The van der Waals surface area contributed by atoms with Crippen molar-refractivity contribution in [1.82, 2.24) is 0 Å². The van der Waals surface area contributed by atoms with Crippen LogP contribution in [-0.4, -0.2) is 5.11 Å². The maximum atomic E-state index is 13.8. The molecule has 9 heteroatoms. The Kier molecular flexibility index (Phi) is 4.99. The van der Waals surface area contributed by atoms with E-state index < -0.39 is 45.8 Å². The lowest BCUT2D eigenvalue weighted by atomic mass is 9.88. The smallest absolute Gasteiger partial charge is 0.417 e. The fourth-order valence-corrected chi connectivity index (χ4v) is 3.61. The van der Waals surface area contributed by atoms with Gasteiger partial charge in [0.05, 0.1) is 16.7 Å². The molecule has 0 spiro atoms. The Hall–Kier alpha value is -3.75. The molecule has 32 heavy (non-hydrogen) atoms. The van der Waals surface area contributed by atoms with Gasteiger partial charge in [-0.15, -0.1) is 0 Å². The van der Waals surface area contributed by atoms with E-state index in [1.165, 1.54) is 18.2 Å². The highest BCUT2D eigenvalue weighted by Crippen LogP contribution is 2.45. The van der Waals surface area contributed by atoms with Crippen LogP contribution in [0.2, 0.25) is 0 Å². The minimum atomic E-state index is -4.88. The molecule has 0 amide bonds. The summed E-state index contributed by atoms with van der Waals surface area (Å²) in [6, 6.07) is 11.7. The van der Waals surface area contributed by atoms with Gasteiger partial charge in [0.1, 0.15) is 11.3 Å². The van der Waals surface area contributed by atoms with Gasteiger partial charge in [0.25, 0.3) is 0 Å². The van der Waals surface area contributed by atoms with Gasteiger partial charge in [0.2, 0.25) is 0 Å². The van der Waals surface area contributed by atoms with Crippen LogP contribution < -0.4 is 5.63 Å². The molecule has 1 aromatic heterocycles. The van der Waals surface area contributed by atoms with Crippen LogP contribution in [0.4, 0.5) is 26.3 Å². The van der Waals surface area contributed by atoms with Crippen molar-refractivity contribution in [2.75, 3.05) is 0 Å². The zero-order valence-corrected chi connectivity index (χ0v) is 15.9. The third-order valence-electron chi connectivity index (χ3n) is 4.89. The van der Waals surface area contributed by atoms with Gasteiger partial charge in [-0.05, 0) is 29.8 Å². The number of aromatic hydroxyl groups is 1. The van der Waals surface area contributed by atoms with Crippen molar-refractivity contribution in [3.63, 3.8) is 0 Å². The Morgan fingerprint density at radius 2 is 1.19 bits per heavy atom. The van der Waals surface area contributed by atoms with E-state index in [0.717, 1.165) is 48.5 Å². The van der Waals surface area contributed by atoms with Gasteiger partial charge in [-0.2, -0.15) is 26.3 Å². The molecule has 0 unspecified atom stereocenters. The van der Waals surface area contributed by atoms with E-state index in [9.17, 15) is 36.2 Å². The van der Waals surface area contributed by atoms with E-state index in [0.29, 0.717) is 0 Å². The molecule has 0 aliphatic rings. The van der Waals surface area contributed by atoms with Crippen LogP contribution in [0.5, 0.6) is 5.75 Å². The Bertz CT molecular complexity index is 1380. The van der Waals surface area contributed by atoms with Crippen molar-refractivity contribution < 1.29 is 35.9 Å². The number of halogens is 6. The first-order valence-electron chi connectivity index (χ1n) is 9.11. The Balaban J connectivity index is 2.23. The zero-order valence-electron chi connectivity index (χ0n) is 15.9. The number of fused-ring (bicyclic) bond motifs is 1. The first-order valence-corrected chi connectivity index (χ1v) is 9.11. The van der Waals surface area contributed by atoms with Crippen LogP contribution in [0.1, 0.15) is 11.1 Å². The number of phenolic OH excluding ortho intramolecular Hbond substituents is 1. The molecule has 1 heterocycles. The molecule has 0 saturated heterocycles. The summed E-state index contributed by atoms with van der Waals surface area (Å²) in [5, 5.41) is 9.65. The van der Waals surface area contributed by atoms with Crippen LogP contribution >= 0.6 is 0 Å². The van der Waals surface area contributed by atoms with Crippen LogP contribution in [0, 0.1) is 0 Å². The summed E-state index contributed by atoms with van der Waals surface area (Å²) in [4.78, 5) is 12.9. The van der Waals surface area contributed by atoms with Crippen LogP contribution in [0.3, 0.4) is 0 Å². The van der Waals surface area contributed by atoms with Crippen molar-refractivity contribution in [3.8, 4) is 28.0 Å². The number of benzene rings is 3. The lowest BCUT2D eigenvalue weighted by Gasteiger charge is -2.19. The van der Waals surface area contributed by atoms with E-state index >= 15 is 0 Å². The molecule has 0 fully saturated rings. The SMILES string of the molecule is O=c1oc2cc(O)ccc2c(-c2ccccc2C(F)(F)F)c1-c1ccccc1C(F)(F)F. The molecule has 0 bridgehead atoms. The summed E-state index contributed by atoms with van der Waals surface area (Å²) >= 11 is 0. The van der Waals surface area contributed by atoms with Crippen molar-refractivity contribution in [3.05, 3.63) is 88.3 Å². The van der Waals surface area contributed by atoms with Gasteiger partial charge < -0.3 is 9.52 Å². The number of rotatable bonds is 2. The van der Waals surface area contributed by atoms with E-state index in [1.54, 1.807) is 0 Å². The monoisotopic (exact) mass is 450 g/mol. The highest BCUT2D eigenvalue weighted by atomic mass is 19.4. The predicted molar refractivity (Wildman–Crippen MR) is 105 cm³/mol. The average molecular weight is 450 g/mol. The molecule has 0 radical (unpaired) electrons. The first-order chi connectivity index (χ1) is 15.0. The van der Waals surface area contributed by atoms with E-state index in [1.807, 2.05) is 0 Å². The minimum Gasteiger partial charge on any atom is -0.508 e. The molecular weight excluding hydrogens is 438 g/mol. The molecule has 0 saturated carbocycles. The minimum absolute atomic E-state index is 0.0638. The quantitative estimate of drug-likeness (QED) is 0.268. The first kappa shape index (κ1) is 21.5. The number of phenols is 1. The zero-order chi connectivity index (χ0) is 23.3. The second-order valence-electron chi connectivity index (χ2n) is 6.91. The fourth-order valence-electron chi connectivity index (χ4n) is 3.61. The second kappa shape index (κ2) is 7.44. The predicted octanol–water partition coefficient (Wildman–Crippen LogP) is 6.87. The summed E-state index contributed by atoms with van der Waals surface area (Å²) in [7, 11) is 0. The van der Waals surface area contributed by atoms with Gasteiger partial charge in [0.15, 0.2) is 0 Å². The molecule has 4 rings (SSSR count). The Morgan fingerprint density at radius 1 is 0.688 bits per heavy atom. The van der Waals surface area contributed by atoms with E-state index in [2.05, 4.69) is 0 Å². The Morgan fingerprint density at radius 3 is 1.72 bits per heavy atom. The fraction of sp³-hybridized carbons (Fsp3) is 0.0870. The third kappa shape index (κ3) is 3.70. The van der Waals surface area contributed by atoms with Gasteiger partial charge in [0, 0.05) is 22.6 Å². The largest absolute Gasteiger partial charge is 0.508 e. The molecule has 0 aliphatic carbocycles. The summed E-state index contributed by atoms with van der Waals surface area (Å²) in [5.74, 6) is -0.334. The summed E-state index contributed by atoms with van der Waals surface area (Å²) in [5.41, 5.74) is -6.01. The van der Waals surface area contributed by atoms with Crippen molar-refractivity contribution in [2.45, 2.75) is 12.4 Å². The lowest BCUT2D eigenvalue weighted by Crippen LogP contribution is -2.14. The van der Waals surface area contributed by atoms with Gasteiger partial charge in [-0.25, -0.2) is 4.79 Å². The average Bonchev–Trinajstić information content (AvgIpc) is 2.71. The normalized spacial score (nSPS) is 12.3. The number of hydrogen-bond acceptors (Lipinski definition) is 3. The molecule has 1 N–H and O–H groups in total. The van der Waals surface area contributed by atoms with E-state index in [4.69, 9.17) is 4.42 Å². The molecule has 0 aliphatic heterocycles. The molecule has 3 nitrogen and oxygen atoms in total. The second-order valence-corrected chi connectivity index (χ2v) is 6.91. The molecule has 0 atom stereocenters. The summed E-state index contributed by atoms with van der Waals surface area (Å²) < 4.78 is 87.5. The third-order valence-corrected chi connectivity index (χ3v) is 4.89.